The molecular formula is C12H22N2O2. The molecule has 1 saturated carbocycles. The number of amides is 1. The molecule has 3 N–H and O–H groups in total. The summed E-state index contributed by atoms with van der Waals surface area (Å²) < 4.78 is 0. The molecule has 0 bridgehead atoms. The Hall–Kier alpha value is -0.870. The van der Waals surface area contributed by atoms with Crippen molar-refractivity contribution in [2.45, 2.75) is 25.7 Å². The summed E-state index contributed by atoms with van der Waals surface area (Å²) in [6, 6.07) is 0. The molecule has 0 saturated heterocycles. The zero-order chi connectivity index (χ0) is 11.9. The first-order chi connectivity index (χ1) is 7.72. The fraction of sp³-hybridized carbons (Fsp3) is 0.750. The van der Waals surface area contributed by atoms with Crippen molar-refractivity contribution >= 4 is 5.91 Å². The van der Waals surface area contributed by atoms with E-state index in [0.29, 0.717) is 19.6 Å². The second-order valence-electron chi connectivity index (χ2n) is 4.56. The summed E-state index contributed by atoms with van der Waals surface area (Å²) in [5, 5.41) is 15.2. The van der Waals surface area contributed by atoms with Crippen LogP contribution >= 0.6 is 0 Å². The smallest absolute Gasteiger partial charge is 0.233 e. The second kappa shape index (κ2) is 6.66. The average Bonchev–Trinajstić information content (AvgIpc) is 2.76. The van der Waals surface area contributed by atoms with E-state index in [2.05, 4.69) is 17.2 Å². The molecule has 4 heteroatoms. The normalized spacial score (nSPS) is 18.3. The molecule has 0 aromatic heterocycles. The Bertz CT molecular complexity index is 235. The Labute approximate surface area is 97.1 Å². The summed E-state index contributed by atoms with van der Waals surface area (Å²) in [4.78, 5) is 11.4. The SMILES string of the molecule is C=CCNCC(=O)NCC1(CO)CCCC1. The van der Waals surface area contributed by atoms with E-state index in [4.69, 9.17) is 0 Å². The first-order valence-electron chi connectivity index (χ1n) is 5.92. The van der Waals surface area contributed by atoms with Crippen molar-refractivity contribution in [3.8, 4) is 0 Å². The highest BCUT2D eigenvalue weighted by atomic mass is 16.3. The van der Waals surface area contributed by atoms with Crippen LogP contribution in [-0.4, -0.2) is 37.3 Å². The molecule has 0 atom stereocenters. The fourth-order valence-corrected chi connectivity index (χ4v) is 2.15. The van der Waals surface area contributed by atoms with Gasteiger partial charge in [-0.15, -0.1) is 6.58 Å². The van der Waals surface area contributed by atoms with E-state index in [1.165, 1.54) is 0 Å². The third-order valence-corrected chi connectivity index (χ3v) is 3.23. The summed E-state index contributed by atoms with van der Waals surface area (Å²) >= 11 is 0. The minimum atomic E-state index is -0.0614. The molecule has 1 fully saturated rings. The van der Waals surface area contributed by atoms with E-state index in [-0.39, 0.29) is 17.9 Å². The van der Waals surface area contributed by atoms with Crippen LogP contribution in [-0.2, 0) is 4.79 Å². The lowest BCUT2D eigenvalue weighted by Crippen LogP contribution is -2.41. The molecule has 0 aromatic carbocycles. The third kappa shape index (κ3) is 3.94. The van der Waals surface area contributed by atoms with Gasteiger partial charge in [0.2, 0.25) is 5.91 Å². The van der Waals surface area contributed by atoms with Crippen molar-refractivity contribution in [2.75, 3.05) is 26.2 Å². The van der Waals surface area contributed by atoms with Crippen LogP contribution < -0.4 is 10.6 Å². The van der Waals surface area contributed by atoms with E-state index < -0.39 is 0 Å². The Morgan fingerprint density at radius 3 is 2.69 bits per heavy atom. The molecule has 1 rings (SSSR count). The summed E-state index contributed by atoms with van der Waals surface area (Å²) in [6.45, 7) is 5.28. The maximum absolute atomic E-state index is 11.4. The van der Waals surface area contributed by atoms with E-state index in [1.807, 2.05) is 0 Å². The van der Waals surface area contributed by atoms with Crippen molar-refractivity contribution in [1.82, 2.24) is 10.6 Å². The lowest BCUT2D eigenvalue weighted by Gasteiger charge is -2.26. The summed E-state index contributed by atoms with van der Waals surface area (Å²) in [5.74, 6) is -0.0124. The molecule has 0 unspecified atom stereocenters. The summed E-state index contributed by atoms with van der Waals surface area (Å²) in [7, 11) is 0. The van der Waals surface area contributed by atoms with Crippen LogP contribution in [0.2, 0.25) is 0 Å². The van der Waals surface area contributed by atoms with Gasteiger partial charge in [-0.2, -0.15) is 0 Å². The first kappa shape index (κ1) is 13.2. The Morgan fingerprint density at radius 1 is 1.44 bits per heavy atom. The molecule has 1 aliphatic carbocycles. The zero-order valence-corrected chi connectivity index (χ0v) is 9.80. The molecule has 0 aromatic rings. The number of aliphatic hydroxyl groups is 1. The standard InChI is InChI=1S/C12H22N2O2/c1-2-7-13-8-11(16)14-9-12(10-15)5-3-4-6-12/h2,13,15H,1,3-10H2,(H,14,16). The van der Waals surface area contributed by atoms with Crippen LogP contribution in [0, 0.1) is 5.41 Å². The van der Waals surface area contributed by atoms with Crippen LogP contribution in [0.4, 0.5) is 0 Å². The Kier molecular flexibility index (Phi) is 5.49. The fourth-order valence-electron chi connectivity index (χ4n) is 2.15. The van der Waals surface area contributed by atoms with Gasteiger partial charge in [-0.05, 0) is 12.8 Å². The van der Waals surface area contributed by atoms with Gasteiger partial charge in [0.15, 0.2) is 0 Å². The average molecular weight is 226 g/mol. The monoisotopic (exact) mass is 226 g/mol. The van der Waals surface area contributed by atoms with E-state index in [0.717, 1.165) is 25.7 Å². The van der Waals surface area contributed by atoms with Crippen molar-refractivity contribution in [1.29, 1.82) is 0 Å². The lowest BCUT2D eigenvalue weighted by molar-refractivity contribution is -0.120. The summed E-state index contributed by atoms with van der Waals surface area (Å²) in [6.07, 6.45) is 6.07. The van der Waals surface area contributed by atoms with Gasteiger partial charge in [0.05, 0.1) is 13.2 Å². The maximum Gasteiger partial charge on any atom is 0.233 e. The number of hydrogen-bond acceptors (Lipinski definition) is 3. The Balaban J connectivity index is 2.21. The molecule has 0 spiro atoms. The van der Waals surface area contributed by atoms with Crippen LogP contribution in [0.3, 0.4) is 0 Å². The number of carbonyl (C=O) groups excluding carboxylic acids is 1. The van der Waals surface area contributed by atoms with Crippen LogP contribution in [0.25, 0.3) is 0 Å². The topological polar surface area (TPSA) is 61.4 Å². The van der Waals surface area contributed by atoms with Crippen LogP contribution in [0.1, 0.15) is 25.7 Å². The van der Waals surface area contributed by atoms with Crippen LogP contribution in [0.15, 0.2) is 12.7 Å². The number of rotatable bonds is 7. The van der Waals surface area contributed by atoms with Gasteiger partial charge in [-0.1, -0.05) is 18.9 Å². The molecule has 0 radical (unpaired) electrons. The first-order valence-corrected chi connectivity index (χ1v) is 5.92. The highest BCUT2D eigenvalue weighted by molar-refractivity contribution is 5.78. The van der Waals surface area contributed by atoms with Crippen molar-refractivity contribution < 1.29 is 9.90 Å². The van der Waals surface area contributed by atoms with Gasteiger partial charge in [-0.25, -0.2) is 0 Å². The van der Waals surface area contributed by atoms with Gasteiger partial charge in [-0.3, -0.25) is 4.79 Å². The van der Waals surface area contributed by atoms with E-state index in [9.17, 15) is 9.90 Å². The third-order valence-electron chi connectivity index (χ3n) is 3.23. The van der Waals surface area contributed by atoms with E-state index in [1.54, 1.807) is 6.08 Å². The van der Waals surface area contributed by atoms with Crippen molar-refractivity contribution in [3.05, 3.63) is 12.7 Å². The minimum Gasteiger partial charge on any atom is -0.396 e. The molecule has 4 nitrogen and oxygen atoms in total. The molecule has 0 heterocycles. The largest absolute Gasteiger partial charge is 0.396 e. The van der Waals surface area contributed by atoms with Gasteiger partial charge >= 0.3 is 0 Å². The highest BCUT2D eigenvalue weighted by Crippen LogP contribution is 2.36. The van der Waals surface area contributed by atoms with E-state index >= 15 is 0 Å². The number of nitrogens with one attached hydrogen (secondary N) is 2. The second-order valence-corrected chi connectivity index (χ2v) is 4.56. The zero-order valence-electron chi connectivity index (χ0n) is 9.80. The molecule has 16 heavy (non-hydrogen) atoms. The highest BCUT2D eigenvalue weighted by Gasteiger charge is 2.33. The van der Waals surface area contributed by atoms with Crippen LogP contribution in [0.5, 0.6) is 0 Å². The van der Waals surface area contributed by atoms with Crippen molar-refractivity contribution in [2.24, 2.45) is 5.41 Å². The number of carbonyl (C=O) groups is 1. The maximum atomic E-state index is 11.4. The van der Waals surface area contributed by atoms with Gasteiger partial charge in [0.1, 0.15) is 0 Å². The molecule has 92 valence electrons. The Morgan fingerprint density at radius 2 is 2.12 bits per heavy atom. The number of hydrogen-bond donors (Lipinski definition) is 3. The van der Waals surface area contributed by atoms with Crippen molar-refractivity contribution in [3.63, 3.8) is 0 Å². The molecule has 0 aliphatic heterocycles. The molecule has 1 aliphatic rings. The molecular weight excluding hydrogens is 204 g/mol. The quantitative estimate of drug-likeness (QED) is 0.436. The predicted octanol–water partition coefficient (Wildman–Crippen LogP) is 0.431. The number of aliphatic hydroxyl groups excluding tert-OH is 1. The molecule has 1 amide bonds. The predicted molar refractivity (Wildman–Crippen MR) is 64.1 cm³/mol. The lowest BCUT2D eigenvalue weighted by atomic mass is 9.87. The van der Waals surface area contributed by atoms with Gasteiger partial charge in [0.25, 0.3) is 0 Å². The van der Waals surface area contributed by atoms with Gasteiger partial charge < -0.3 is 15.7 Å². The summed E-state index contributed by atoms with van der Waals surface area (Å²) in [5.41, 5.74) is -0.0614. The minimum absolute atomic E-state index is 0.0124. The van der Waals surface area contributed by atoms with Gasteiger partial charge in [0, 0.05) is 18.5 Å².